The van der Waals surface area contributed by atoms with Crippen LogP contribution in [-0.2, 0) is 16.4 Å². The lowest BCUT2D eigenvalue weighted by atomic mass is 9.90. The first kappa shape index (κ1) is 14.5. The van der Waals surface area contributed by atoms with Crippen molar-refractivity contribution < 1.29 is 8.42 Å². The molecule has 2 rings (SSSR count). The van der Waals surface area contributed by atoms with Crippen molar-refractivity contribution >= 4 is 10.0 Å². The first-order valence-electron chi connectivity index (χ1n) is 6.80. The lowest BCUT2D eigenvalue weighted by molar-refractivity contribution is 0.193. The minimum Gasteiger partial charge on any atom is -0.302 e. The number of primary sulfonamides is 1. The largest absolute Gasteiger partial charge is 0.302 e. The molecule has 0 aliphatic carbocycles. The van der Waals surface area contributed by atoms with E-state index in [1.807, 2.05) is 6.07 Å². The molecule has 1 fully saturated rings. The summed E-state index contributed by atoms with van der Waals surface area (Å²) in [5.74, 6) is 0.782. The van der Waals surface area contributed by atoms with Gasteiger partial charge in [0.2, 0.25) is 10.0 Å². The predicted octanol–water partition coefficient (Wildman–Crippen LogP) is 1.23. The molecular formula is C14H22N2O2S. The molecule has 1 saturated heterocycles. The smallest absolute Gasteiger partial charge is 0.210 e. The van der Waals surface area contributed by atoms with Gasteiger partial charge in [-0.2, -0.15) is 0 Å². The second kappa shape index (κ2) is 6.50. The highest BCUT2D eigenvalue weighted by Crippen LogP contribution is 2.21. The highest BCUT2D eigenvalue weighted by atomic mass is 32.2. The molecule has 0 atom stereocenters. The third-order valence-electron chi connectivity index (χ3n) is 3.77. The predicted molar refractivity (Wildman–Crippen MR) is 77.3 cm³/mol. The van der Waals surface area contributed by atoms with Gasteiger partial charge < -0.3 is 4.90 Å². The van der Waals surface area contributed by atoms with E-state index in [-0.39, 0.29) is 5.75 Å². The van der Waals surface area contributed by atoms with Gasteiger partial charge in [-0.25, -0.2) is 13.6 Å². The highest BCUT2D eigenvalue weighted by Gasteiger charge is 2.20. The highest BCUT2D eigenvalue weighted by molar-refractivity contribution is 7.89. The zero-order valence-electron chi connectivity index (χ0n) is 11.2. The van der Waals surface area contributed by atoms with Crippen molar-refractivity contribution in [2.75, 3.05) is 25.4 Å². The quantitative estimate of drug-likeness (QED) is 0.883. The molecular weight excluding hydrogens is 260 g/mol. The number of sulfonamides is 1. The summed E-state index contributed by atoms with van der Waals surface area (Å²) in [6.07, 6.45) is 3.41. The molecule has 0 aromatic heterocycles. The van der Waals surface area contributed by atoms with Gasteiger partial charge in [-0.05, 0) is 43.8 Å². The summed E-state index contributed by atoms with van der Waals surface area (Å²) in [7, 11) is -3.33. The summed E-state index contributed by atoms with van der Waals surface area (Å²) in [4.78, 5) is 2.20. The Bertz CT molecular complexity index is 479. The van der Waals surface area contributed by atoms with Crippen LogP contribution in [0.1, 0.15) is 18.4 Å². The van der Waals surface area contributed by atoms with Crippen LogP contribution in [-0.4, -0.2) is 38.7 Å². The summed E-state index contributed by atoms with van der Waals surface area (Å²) in [5.41, 5.74) is 1.39. The Hall–Kier alpha value is -0.910. The number of benzene rings is 1. The van der Waals surface area contributed by atoms with Crippen LogP contribution in [0.2, 0.25) is 0 Å². The Morgan fingerprint density at radius 2 is 1.79 bits per heavy atom. The van der Waals surface area contributed by atoms with Crippen LogP contribution >= 0.6 is 0 Å². The van der Waals surface area contributed by atoms with Crippen LogP contribution < -0.4 is 5.14 Å². The number of hydrogen-bond donors (Lipinski definition) is 1. The van der Waals surface area contributed by atoms with Crippen LogP contribution in [0, 0.1) is 5.92 Å². The van der Waals surface area contributed by atoms with Gasteiger partial charge in [-0.15, -0.1) is 0 Å². The van der Waals surface area contributed by atoms with Crippen LogP contribution in [0.4, 0.5) is 0 Å². The second-order valence-corrected chi connectivity index (χ2v) is 7.08. The van der Waals surface area contributed by atoms with E-state index in [1.54, 1.807) is 0 Å². The zero-order chi connectivity index (χ0) is 13.7. The van der Waals surface area contributed by atoms with Gasteiger partial charge in [-0.1, -0.05) is 30.3 Å². The van der Waals surface area contributed by atoms with Gasteiger partial charge in [0.1, 0.15) is 0 Å². The number of rotatable bonds is 5. The Morgan fingerprint density at radius 3 is 2.37 bits per heavy atom. The Balaban J connectivity index is 1.74. The van der Waals surface area contributed by atoms with Crippen molar-refractivity contribution in [3.8, 4) is 0 Å². The van der Waals surface area contributed by atoms with Crippen molar-refractivity contribution in [1.82, 2.24) is 4.90 Å². The topological polar surface area (TPSA) is 63.4 Å². The van der Waals surface area contributed by atoms with Gasteiger partial charge >= 0.3 is 0 Å². The summed E-state index contributed by atoms with van der Waals surface area (Å²) in [6, 6.07) is 10.5. The van der Waals surface area contributed by atoms with Crippen molar-refractivity contribution in [3.63, 3.8) is 0 Å². The molecule has 2 N–H and O–H groups in total. The molecule has 1 aliphatic rings. The van der Waals surface area contributed by atoms with Crippen molar-refractivity contribution in [1.29, 1.82) is 0 Å². The number of likely N-dealkylation sites (tertiary alicyclic amines) is 1. The molecule has 1 aromatic carbocycles. The van der Waals surface area contributed by atoms with Gasteiger partial charge in [0.15, 0.2) is 0 Å². The normalized spacial score (nSPS) is 18.6. The molecule has 1 aromatic rings. The maximum absolute atomic E-state index is 10.9. The number of nitrogens with two attached hydrogens (primary N) is 1. The van der Waals surface area contributed by atoms with E-state index in [9.17, 15) is 8.42 Å². The van der Waals surface area contributed by atoms with E-state index >= 15 is 0 Å². The molecule has 1 heterocycles. The Kier molecular flexibility index (Phi) is 4.96. The van der Waals surface area contributed by atoms with Gasteiger partial charge in [0.25, 0.3) is 0 Å². The van der Waals surface area contributed by atoms with E-state index in [0.29, 0.717) is 12.5 Å². The summed E-state index contributed by atoms with van der Waals surface area (Å²) < 4.78 is 21.9. The second-order valence-electron chi connectivity index (χ2n) is 5.34. The lowest BCUT2D eigenvalue weighted by Gasteiger charge is -2.31. The molecule has 106 valence electrons. The number of nitrogens with zero attached hydrogens (tertiary/aromatic N) is 1. The maximum atomic E-state index is 10.9. The van der Waals surface area contributed by atoms with Crippen LogP contribution in [0.15, 0.2) is 30.3 Å². The monoisotopic (exact) mass is 282 g/mol. The number of hydrogen-bond acceptors (Lipinski definition) is 3. The van der Waals surface area contributed by atoms with Crippen molar-refractivity contribution in [3.05, 3.63) is 35.9 Å². The third-order valence-corrected chi connectivity index (χ3v) is 4.52. The number of piperidine rings is 1. The summed E-state index contributed by atoms with van der Waals surface area (Å²) >= 11 is 0. The molecule has 0 radical (unpaired) electrons. The summed E-state index contributed by atoms with van der Waals surface area (Å²) in [5, 5.41) is 5.03. The lowest BCUT2D eigenvalue weighted by Crippen LogP contribution is -2.38. The zero-order valence-corrected chi connectivity index (χ0v) is 12.0. The molecule has 0 unspecified atom stereocenters. The Labute approximate surface area is 115 Å². The van der Waals surface area contributed by atoms with Gasteiger partial charge in [-0.3, -0.25) is 0 Å². The van der Waals surface area contributed by atoms with Gasteiger partial charge in [0, 0.05) is 6.54 Å². The third kappa shape index (κ3) is 5.30. The fourth-order valence-corrected chi connectivity index (χ4v) is 3.13. The van der Waals surface area contributed by atoms with Gasteiger partial charge in [0.05, 0.1) is 5.75 Å². The molecule has 4 nitrogen and oxygen atoms in total. The van der Waals surface area contributed by atoms with E-state index in [0.717, 1.165) is 32.4 Å². The van der Waals surface area contributed by atoms with E-state index in [4.69, 9.17) is 5.14 Å². The van der Waals surface area contributed by atoms with Crippen LogP contribution in [0.25, 0.3) is 0 Å². The average Bonchev–Trinajstić information content (AvgIpc) is 2.38. The van der Waals surface area contributed by atoms with Crippen molar-refractivity contribution in [2.24, 2.45) is 11.1 Å². The molecule has 0 bridgehead atoms. The first-order chi connectivity index (χ1) is 9.03. The Morgan fingerprint density at radius 1 is 1.16 bits per heavy atom. The minimum absolute atomic E-state index is 0.0658. The first-order valence-corrected chi connectivity index (χ1v) is 8.51. The van der Waals surface area contributed by atoms with Crippen LogP contribution in [0.3, 0.4) is 0 Å². The SMILES string of the molecule is NS(=O)(=O)CCN1CCC(Cc2ccccc2)CC1. The van der Waals surface area contributed by atoms with Crippen molar-refractivity contribution in [2.45, 2.75) is 19.3 Å². The van der Waals surface area contributed by atoms with E-state index in [1.165, 1.54) is 5.56 Å². The maximum Gasteiger partial charge on any atom is 0.210 e. The average molecular weight is 282 g/mol. The van der Waals surface area contributed by atoms with E-state index in [2.05, 4.69) is 29.2 Å². The minimum atomic E-state index is -3.33. The molecule has 0 spiro atoms. The molecule has 0 saturated carbocycles. The van der Waals surface area contributed by atoms with Crippen LogP contribution in [0.5, 0.6) is 0 Å². The molecule has 19 heavy (non-hydrogen) atoms. The standard InChI is InChI=1S/C14H22N2O2S/c15-19(17,18)11-10-16-8-6-14(7-9-16)12-13-4-2-1-3-5-13/h1-5,14H,6-12H2,(H2,15,17,18). The van der Waals surface area contributed by atoms with E-state index < -0.39 is 10.0 Å². The fraction of sp³-hybridized carbons (Fsp3) is 0.571. The summed E-state index contributed by atoms with van der Waals surface area (Å²) in [6.45, 7) is 2.52. The molecule has 0 amide bonds. The molecule has 5 heteroatoms. The molecule has 1 aliphatic heterocycles. The fourth-order valence-electron chi connectivity index (χ4n) is 2.62.